The number of carbonyl (C=O) groups excluding carboxylic acids is 2. The van der Waals surface area contributed by atoms with Gasteiger partial charge in [0, 0.05) is 18.1 Å². The largest absolute Gasteiger partial charge is 0.482 e. The van der Waals surface area contributed by atoms with Crippen LogP contribution in [0.5, 0.6) is 5.75 Å². The molecule has 2 rings (SSSR count). The molecule has 0 radical (unpaired) electrons. The van der Waals surface area contributed by atoms with Crippen LogP contribution in [0.2, 0.25) is 10.0 Å². The van der Waals surface area contributed by atoms with Gasteiger partial charge < -0.3 is 15.0 Å². The lowest BCUT2D eigenvalue weighted by molar-refractivity contribution is -0.142. The summed E-state index contributed by atoms with van der Waals surface area (Å²) in [5, 5.41) is 3.75. The summed E-state index contributed by atoms with van der Waals surface area (Å²) in [5.74, 6) is -0.109. The SMILES string of the molecule is CCNC(=O)[C@H](CC)N(Cc1ccccc1Cl)C(=O)COc1ccccc1Cl. The third-order valence-corrected chi connectivity index (χ3v) is 4.90. The monoisotopic (exact) mass is 422 g/mol. The Bertz CT molecular complexity index is 814. The van der Waals surface area contributed by atoms with Crippen molar-refractivity contribution in [1.82, 2.24) is 10.2 Å². The summed E-state index contributed by atoms with van der Waals surface area (Å²) in [7, 11) is 0. The fourth-order valence-electron chi connectivity index (χ4n) is 2.81. The average Bonchev–Trinajstić information content (AvgIpc) is 2.68. The Labute approximate surface area is 175 Å². The van der Waals surface area contributed by atoms with Crippen molar-refractivity contribution in [1.29, 1.82) is 0 Å². The lowest BCUT2D eigenvalue weighted by atomic mass is 10.1. The van der Waals surface area contributed by atoms with Crippen LogP contribution < -0.4 is 10.1 Å². The van der Waals surface area contributed by atoms with E-state index in [1.165, 1.54) is 4.90 Å². The molecule has 0 saturated heterocycles. The zero-order valence-corrected chi connectivity index (χ0v) is 17.5. The standard InChI is InChI=1S/C21H24Cl2N2O3/c1-3-18(21(27)24-4-2)25(13-15-9-5-6-10-16(15)22)20(26)14-28-19-12-8-7-11-17(19)23/h5-12,18H,3-4,13-14H2,1-2H3,(H,24,27)/t18-/m0/s1. The predicted octanol–water partition coefficient (Wildman–Crippen LogP) is 4.32. The highest BCUT2D eigenvalue weighted by molar-refractivity contribution is 6.32. The van der Waals surface area contributed by atoms with Crippen LogP contribution >= 0.6 is 23.2 Å². The molecular formula is C21H24Cl2N2O3. The molecule has 5 nitrogen and oxygen atoms in total. The van der Waals surface area contributed by atoms with Crippen molar-refractivity contribution in [2.24, 2.45) is 0 Å². The van der Waals surface area contributed by atoms with E-state index in [0.717, 1.165) is 5.56 Å². The van der Waals surface area contributed by atoms with Crippen LogP contribution in [0.1, 0.15) is 25.8 Å². The number of nitrogens with zero attached hydrogens (tertiary/aromatic N) is 1. The molecule has 0 aromatic heterocycles. The number of nitrogens with one attached hydrogen (secondary N) is 1. The summed E-state index contributed by atoms with van der Waals surface area (Å²) in [6.07, 6.45) is 0.466. The van der Waals surface area contributed by atoms with Gasteiger partial charge in [0.2, 0.25) is 5.91 Å². The second kappa shape index (κ2) is 10.9. The van der Waals surface area contributed by atoms with E-state index in [2.05, 4.69) is 5.32 Å². The number of rotatable bonds is 9. The summed E-state index contributed by atoms with van der Waals surface area (Å²) in [6, 6.07) is 13.6. The zero-order chi connectivity index (χ0) is 20.5. The minimum absolute atomic E-state index is 0.205. The number of benzene rings is 2. The maximum absolute atomic E-state index is 13.0. The van der Waals surface area contributed by atoms with Gasteiger partial charge in [-0.15, -0.1) is 0 Å². The second-order valence-corrected chi connectivity index (χ2v) is 6.97. The Morgan fingerprint density at radius 2 is 1.68 bits per heavy atom. The van der Waals surface area contributed by atoms with Crippen LogP contribution in [0.25, 0.3) is 0 Å². The van der Waals surface area contributed by atoms with Crippen molar-refractivity contribution in [3.63, 3.8) is 0 Å². The molecule has 28 heavy (non-hydrogen) atoms. The first-order valence-electron chi connectivity index (χ1n) is 9.15. The van der Waals surface area contributed by atoms with Crippen LogP contribution in [0, 0.1) is 0 Å². The minimum Gasteiger partial charge on any atom is -0.482 e. The summed E-state index contributed by atoms with van der Waals surface area (Å²) in [6.45, 7) is 4.16. The molecule has 0 unspecified atom stereocenters. The van der Waals surface area contributed by atoms with Crippen LogP contribution in [-0.4, -0.2) is 35.9 Å². The quantitative estimate of drug-likeness (QED) is 0.654. The Morgan fingerprint density at radius 3 is 2.29 bits per heavy atom. The van der Waals surface area contributed by atoms with Gasteiger partial charge in [-0.1, -0.05) is 60.5 Å². The normalized spacial score (nSPS) is 11.6. The molecule has 0 fully saturated rings. The lowest BCUT2D eigenvalue weighted by Gasteiger charge is -2.30. The van der Waals surface area contributed by atoms with E-state index in [9.17, 15) is 9.59 Å². The van der Waals surface area contributed by atoms with Crippen molar-refractivity contribution in [2.75, 3.05) is 13.2 Å². The topological polar surface area (TPSA) is 58.6 Å². The Morgan fingerprint density at radius 1 is 1.04 bits per heavy atom. The Kier molecular flexibility index (Phi) is 8.61. The van der Waals surface area contributed by atoms with Gasteiger partial charge in [-0.25, -0.2) is 0 Å². The number of hydrogen-bond donors (Lipinski definition) is 1. The highest BCUT2D eigenvalue weighted by Crippen LogP contribution is 2.24. The van der Waals surface area contributed by atoms with Gasteiger partial charge in [-0.3, -0.25) is 9.59 Å². The van der Waals surface area contributed by atoms with Crippen LogP contribution in [0.15, 0.2) is 48.5 Å². The Hall–Kier alpha value is -2.24. The van der Waals surface area contributed by atoms with Crippen LogP contribution in [0.4, 0.5) is 0 Å². The first-order chi connectivity index (χ1) is 13.5. The summed E-state index contributed by atoms with van der Waals surface area (Å²) in [5.41, 5.74) is 0.762. The van der Waals surface area contributed by atoms with Gasteiger partial charge in [0.05, 0.1) is 5.02 Å². The Balaban J connectivity index is 2.23. The molecule has 1 atom stereocenters. The van der Waals surface area contributed by atoms with E-state index in [-0.39, 0.29) is 25.0 Å². The van der Waals surface area contributed by atoms with Gasteiger partial charge in [0.1, 0.15) is 11.8 Å². The molecule has 150 valence electrons. The van der Waals surface area contributed by atoms with E-state index in [0.29, 0.717) is 28.8 Å². The smallest absolute Gasteiger partial charge is 0.261 e. The number of halogens is 2. The van der Waals surface area contributed by atoms with Crippen molar-refractivity contribution in [3.8, 4) is 5.75 Å². The molecule has 0 aliphatic carbocycles. The number of amides is 2. The second-order valence-electron chi connectivity index (χ2n) is 6.15. The van der Waals surface area contributed by atoms with E-state index < -0.39 is 6.04 Å². The maximum Gasteiger partial charge on any atom is 0.261 e. The molecule has 0 saturated carbocycles. The average molecular weight is 423 g/mol. The minimum atomic E-state index is -0.626. The first kappa shape index (κ1) is 22.1. The molecule has 0 spiro atoms. The number of likely N-dealkylation sites (N-methyl/N-ethyl adjacent to an activating group) is 1. The molecule has 1 N–H and O–H groups in total. The van der Waals surface area contributed by atoms with Gasteiger partial charge in [0.25, 0.3) is 5.91 Å². The van der Waals surface area contributed by atoms with E-state index >= 15 is 0 Å². The van der Waals surface area contributed by atoms with Gasteiger partial charge in [-0.2, -0.15) is 0 Å². The molecule has 2 amide bonds. The summed E-state index contributed by atoms with van der Waals surface area (Å²) >= 11 is 12.4. The lowest BCUT2D eigenvalue weighted by Crippen LogP contribution is -2.50. The maximum atomic E-state index is 13.0. The van der Waals surface area contributed by atoms with Crippen molar-refractivity contribution < 1.29 is 14.3 Å². The number of para-hydroxylation sites is 1. The molecule has 2 aromatic carbocycles. The highest BCUT2D eigenvalue weighted by atomic mass is 35.5. The predicted molar refractivity (Wildman–Crippen MR) is 112 cm³/mol. The van der Waals surface area contributed by atoms with Gasteiger partial charge in [0.15, 0.2) is 6.61 Å². The molecule has 7 heteroatoms. The molecule has 0 bridgehead atoms. The van der Waals surface area contributed by atoms with Crippen LogP contribution in [0.3, 0.4) is 0 Å². The number of hydrogen-bond acceptors (Lipinski definition) is 3. The number of carbonyl (C=O) groups is 2. The highest BCUT2D eigenvalue weighted by Gasteiger charge is 2.29. The molecule has 2 aromatic rings. The number of ether oxygens (including phenoxy) is 1. The van der Waals surface area contributed by atoms with Crippen molar-refractivity contribution in [3.05, 3.63) is 64.1 Å². The third kappa shape index (κ3) is 5.88. The van der Waals surface area contributed by atoms with Crippen LogP contribution in [-0.2, 0) is 16.1 Å². The van der Waals surface area contributed by atoms with Gasteiger partial charge in [-0.05, 0) is 37.1 Å². The molecule has 0 heterocycles. The van der Waals surface area contributed by atoms with E-state index in [1.807, 2.05) is 32.0 Å². The third-order valence-electron chi connectivity index (χ3n) is 4.22. The molecular weight excluding hydrogens is 399 g/mol. The first-order valence-corrected chi connectivity index (χ1v) is 9.91. The zero-order valence-electron chi connectivity index (χ0n) is 16.0. The summed E-state index contributed by atoms with van der Waals surface area (Å²) < 4.78 is 5.59. The van der Waals surface area contributed by atoms with E-state index in [1.54, 1.807) is 30.3 Å². The van der Waals surface area contributed by atoms with Gasteiger partial charge >= 0.3 is 0 Å². The van der Waals surface area contributed by atoms with E-state index in [4.69, 9.17) is 27.9 Å². The van der Waals surface area contributed by atoms with Crippen molar-refractivity contribution >= 4 is 35.0 Å². The fraction of sp³-hybridized carbons (Fsp3) is 0.333. The summed E-state index contributed by atoms with van der Waals surface area (Å²) in [4.78, 5) is 27.0. The molecule has 0 aliphatic heterocycles. The fourth-order valence-corrected chi connectivity index (χ4v) is 3.19. The molecule has 0 aliphatic rings. The van der Waals surface area contributed by atoms with Crippen molar-refractivity contribution in [2.45, 2.75) is 32.9 Å².